The summed E-state index contributed by atoms with van der Waals surface area (Å²) in [4.78, 5) is 11.8. The van der Waals surface area contributed by atoms with Gasteiger partial charge in [0.2, 0.25) is 0 Å². The number of nitrogens with one attached hydrogen (secondary N) is 2. The minimum Gasteiger partial charge on any atom is -0.489 e. The molecule has 0 aromatic heterocycles. The number of benzene rings is 1. The van der Waals surface area contributed by atoms with Crippen LogP contribution in [0.3, 0.4) is 0 Å². The van der Waals surface area contributed by atoms with E-state index in [2.05, 4.69) is 17.6 Å². The summed E-state index contributed by atoms with van der Waals surface area (Å²) >= 11 is 0. The van der Waals surface area contributed by atoms with E-state index in [1.165, 1.54) is 0 Å². The maximum absolute atomic E-state index is 11.8. The number of unbranched alkanes of at least 4 members (excludes halogenated alkanes) is 2. The lowest BCUT2D eigenvalue weighted by atomic mass is 10.2. The molecule has 21 heavy (non-hydrogen) atoms. The van der Waals surface area contributed by atoms with Gasteiger partial charge in [-0.2, -0.15) is 0 Å². The number of urea groups is 1. The van der Waals surface area contributed by atoms with E-state index in [0.717, 1.165) is 24.8 Å². The highest BCUT2D eigenvalue weighted by Gasteiger charge is 2.08. The van der Waals surface area contributed by atoms with Crippen LogP contribution in [0.4, 0.5) is 10.5 Å². The van der Waals surface area contributed by atoms with Gasteiger partial charge in [0.15, 0.2) is 0 Å². The van der Waals surface area contributed by atoms with Crippen LogP contribution in [0.2, 0.25) is 0 Å². The number of anilines is 1. The van der Waals surface area contributed by atoms with Crippen molar-refractivity contribution in [2.24, 2.45) is 0 Å². The van der Waals surface area contributed by atoms with Crippen molar-refractivity contribution in [2.75, 3.05) is 32.2 Å². The van der Waals surface area contributed by atoms with Crippen molar-refractivity contribution in [3.05, 3.63) is 23.8 Å². The number of aryl methyl sites for hydroxylation is 1. The molecule has 0 heterocycles. The molecule has 0 radical (unpaired) electrons. The topological polar surface area (TPSA) is 59.6 Å². The van der Waals surface area contributed by atoms with Gasteiger partial charge in [0.25, 0.3) is 0 Å². The first-order chi connectivity index (χ1) is 10.2. The van der Waals surface area contributed by atoms with E-state index in [-0.39, 0.29) is 6.03 Å². The first-order valence-corrected chi connectivity index (χ1v) is 7.44. The zero-order valence-electron chi connectivity index (χ0n) is 13.2. The zero-order chi connectivity index (χ0) is 15.5. The molecular weight excluding hydrogens is 268 g/mol. The van der Waals surface area contributed by atoms with E-state index in [0.29, 0.717) is 31.2 Å². The molecule has 0 aliphatic heterocycles. The molecule has 5 heteroatoms. The van der Waals surface area contributed by atoms with Gasteiger partial charge in [-0.25, -0.2) is 4.79 Å². The maximum atomic E-state index is 11.8. The van der Waals surface area contributed by atoms with E-state index in [1.54, 1.807) is 7.11 Å². The summed E-state index contributed by atoms with van der Waals surface area (Å²) in [6.45, 7) is 5.77. The number of ether oxygens (including phenoxy) is 2. The van der Waals surface area contributed by atoms with E-state index >= 15 is 0 Å². The number of hydrogen-bond acceptors (Lipinski definition) is 3. The number of carbonyl (C=O) groups excluding carboxylic acids is 1. The minimum absolute atomic E-state index is 0.202. The van der Waals surface area contributed by atoms with Crippen LogP contribution in [-0.2, 0) is 4.74 Å². The zero-order valence-corrected chi connectivity index (χ0v) is 13.2. The standard InChI is InChI=1S/C16H26N2O3/c1-4-5-6-9-17-16(19)18-14-8-7-13(2)12-15(14)21-11-10-20-3/h7-8,12H,4-6,9-11H2,1-3H3,(H2,17,18,19). The van der Waals surface area contributed by atoms with Crippen LogP contribution < -0.4 is 15.4 Å². The lowest BCUT2D eigenvalue weighted by Crippen LogP contribution is -2.29. The molecule has 0 saturated carbocycles. The van der Waals surface area contributed by atoms with Crippen molar-refractivity contribution < 1.29 is 14.3 Å². The van der Waals surface area contributed by atoms with Gasteiger partial charge in [-0.3, -0.25) is 0 Å². The first-order valence-electron chi connectivity index (χ1n) is 7.44. The summed E-state index contributed by atoms with van der Waals surface area (Å²) in [7, 11) is 1.63. The second kappa shape index (κ2) is 10.0. The third kappa shape index (κ3) is 6.99. The van der Waals surface area contributed by atoms with E-state index < -0.39 is 0 Å². The molecule has 0 fully saturated rings. The van der Waals surface area contributed by atoms with Gasteiger partial charge in [0.1, 0.15) is 12.4 Å². The lowest BCUT2D eigenvalue weighted by molar-refractivity contribution is 0.146. The Labute approximate surface area is 127 Å². The van der Waals surface area contributed by atoms with Gasteiger partial charge in [0, 0.05) is 13.7 Å². The normalized spacial score (nSPS) is 10.2. The molecule has 0 aliphatic rings. The molecule has 0 atom stereocenters. The van der Waals surface area contributed by atoms with Crippen LogP contribution in [-0.4, -0.2) is 32.9 Å². The van der Waals surface area contributed by atoms with Crippen LogP contribution >= 0.6 is 0 Å². The molecule has 118 valence electrons. The second-order valence-corrected chi connectivity index (χ2v) is 4.93. The molecule has 2 amide bonds. The lowest BCUT2D eigenvalue weighted by Gasteiger charge is -2.13. The van der Waals surface area contributed by atoms with Crippen LogP contribution in [0.25, 0.3) is 0 Å². The molecular formula is C16H26N2O3. The molecule has 2 N–H and O–H groups in total. The Morgan fingerprint density at radius 2 is 2.05 bits per heavy atom. The fourth-order valence-corrected chi connectivity index (χ4v) is 1.83. The molecule has 0 aliphatic carbocycles. The average Bonchev–Trinajstić information content (AvgIpc) is 2.47. The van der Waals surface area contributed by atoms with Gasteiger partial charge >= 0.3 is 6.03 Å². The minimum atomic E-state index is -0.202. The fraction of sp³-hybridized carbons (Fsp3) is 0.562. The number of carbonyl (C=O) groups is 1. The molecule has 1 aromatic carbocycles. The Morgan fingerprint density at radius 3 is 2.76 bits per heavy atom. The van der Waals surface area contributed by atoms with Crippen LogP contribution in [0.5, 0.6) is 5.75 Å². The Bertz CT molecular complexity index is 436. The first kappa shape index (κ1) is 17.3. The highest BCUT2D eigenvalue weighted by molar-refractivity contribution is 5.90. The third-order valence-electron chi connectivity index (χ3n) is 3.00. The predicted octanol–water partition coefficient (Wildman–Crippen LogP) is 3.33. The van der Waals surface area contributed by atoms with E-state index in [4.69, 9.17) is 9.47 Å². The number of rotatable bonds is 9. The van der Waals surface area contributed by atoms with Gasteiger partial charge in [-0.15, -0.1) is 0 Å². The third-order valence-corrected chi connectivity index (χ3v) is 3.00. The molecule has 0 spiro atoms. The highest BCUT2D eigenvalue weighted by Crippen LogP contribution is 2.25. The molecule has 1 rings (SSSR count). The summed E-state index contributed by atoms with van der Waals surface area (Å²) in [6.07, 6.45) is 3.25. The van der Waals surface area contributed by atoms with Crippen molar-refractivity contribution in [3.8, 4) is 5.75 Å². The fourth-order valence-electron chi connectivity index (χ4n) is 1.83. The van der Waals surface area contributed by atoms with Gasteiger partial charge in [0.05, 0.1) is 12.3 Å². The van der Waals surface area contributed by atoms with Crippen molar-refractivity contribution in [1.29, 1.82) is 0 Å². The van der Waals surface area contributed by atoms with Crippen molar-refractivity contribution in [1.82, 2.24) is 5.32 Å². The van der Waals surface area contributed by atoms with E-state index in [9.17, 15) is 4.79 Å². The van der Waals surface area contributed by atoms with E-state index in [1.807, 2.05) is 25.1 Å². The van der Waals surface area contributed by atoms with Gasteiger partial charge in [-0.1, -0.05) is 25.8 Å². The maximum Gasteiger partial charge on any atom is 0.319 e. The van der Waals surface area contributed by atoms with Crippen LogP contribution in [0.15, 0.2) is 18.2 Å². The average molecular weight is 294 g/mol. The van der Waals surface area contributed by atoms with Crippen molar-refractivity contribution >= 4 is 11.7 Å². The quantitative estimate of drug-likeness (QED) is 0.687. The van der Waals surface area contributed by atoms with Crippen LogP contribution in [0, 0.1) is 6.92 Å². The molecule has 1 aromatic rings. The highest BCUT2D eigenvalue weighted by atomic mass is 16.5. The molecule has 0 unspecified atom stereocenters. The Morgan fingerprint density at radius 1 is 1.24 bits per heavy atom. The molecule has 5 nitrogen and oxygen atoms in total. The van der Waals surface area contributed by atoms with Crippen molar-refractivity contribution in [2.45, 2.75) is 33.1 Å². The molecule has 0 bridgehead atoms. The smallest absolute Gasteiger partial charge is 0.319 e. The van der Waals surface area contributed by atoms with Crippen molar-refractivity contribution in [3.63, 3.8) is 0 Å². The van der Waals surface area contributed by atoms with Crippen LogP contribution in [0.1, 0.15) is 31.7 Å². The SMILES string of the molecule is CCCCCNC(=O)Nc1ccc(C)cc1OCCOC. The number of hydrogen-bond donors (Lipinski definition) is 2. The summed E-state index contributed by atoms with van der Waals surface area (Å²) in [5, 5.41) is 5.67. The Hall–Kier alpha value is -1.75. The predicted molar refractivity (Wildman–Crippen MR) is 85.1 cm³/mol. The Kier molecular flexibility index (Phi) is 8.28. The summed E-state index contributed by atoms with van der Waals surface area (Å²) in [5.74, 6) is 0.663. The second-order valence-electron chi connectivity index (χ2n) is 4.93. The largest absolute Gasteiger partial charge is 0.489 e. The molecule has 0 saturated heterocycles. The van der Waals surface area contributed by atoms with Gasteiger partial charge < -0.3 is 20.1 Å². The summed E-state index contributed by atoms with van der Waals surface area (Å²) in [6, 6.07) is 5.49. The summed E-state index contributed by atoms with van der Waals surface area (Å²) < 4.78 is 10.6. The summed E-state index contributed by atoms with van der Waals surface area (Å²) in [5.41, 5.74) is 1.75. The monoisotopic (exact) mass is 294 g/mol. The number of methoxy groups -OCH3 is 1. The van der Waals surface area contributed by atoms with Gasteiger partial charge in [-0.05, 0) is 31.0 Å². The number of amides is 2. The Balaban J connectivity index is 2.53.